The normalized spacial score (nSPS) is 19.9. The fourth-order valence-electron chi connectivity index (χ4n) is 12.3. The summed E-state index contributed by atoms with van der Waals surface area (Å²) >= 11 is 0. The summed E-state index contributed by atoms with van der Waals surface area (Å²) in [5.74, 6) is 1.68. The summed E-state index contributed by atoms with van der Waals surface area (Å²) in [5, 5.41) is 0. The van der Waals surface area contributed by atoms with Crippen LogP contribution in [0.5, 0.6) is 0 Å². The minimum atomic E-state index is 0.450. The number of hydrogen-bond donors (Lipinski definition) is 0. The zero-order valence-electron chi connectivity index (χ0n) is 38.7. The smallest absolute Gasteiger partial charge is 0.0450 e. The van der Waals surface area contributed by atoms with Crippen LogP contribution in [0.3, 0.4) is 0 Å². The van der Waals surface area contributed by atoms with Gasteiger partial charge in [-0.15, -0.1) is 0 Å². The molecule has 8 aromatic rings. The molecule has 2 heterocycles. The van der Waals surface area contributed by atoms with E-state index in [0.29, 0.717) is 29.8 Å². The lowest BCUT2D eigenvalue weighted by molar-refractivity contribution is 0.528. The summed E-state index contributed by atoms with van der Waals surface area (Å²) in [5.41, 5.74) is 22.5. The van der Waals surface area contributed by atoms with Crippen LogP contribution in [-0.4, -0.2) is 12.1 Å². The van der Waals surface area contributed by atoms with E-state index >= 15 is 0 Å². The van der Waals surface area contributed by atoms with Crippen LogP contribution in [-0.2, 0) is 6.42 Å². The molecule has 0 spiro atoms. The Morgan fingerprint density at radius 3 is 1.48 bits per heavy atom. The van der Waals surface area contributed by atoms with Gasteiger partial charge in [0, 0.05) is 46.7 Å². The topological polar surface area (TPSA) is 6.48 Å². The molecule has 328 valence electrons. The molecular formula is C65H58N2. The second kappa shape index (κ2) is 17.6. The van der Waals surface area contributed by atoms with Crippen molar-refractivity contribution in [3.8, 4) is 0 Å². The maximum atomic E-state index is 2.68. The summed E-state index contributed by atoms with van der Waals surface area (Å²) in [6.07, 6.45) is 12.1. The molecule has 5 unspecified atom stereocenters. The van der Waals surface area contributed by atoms with Gasteiger partial charge in [-0.1, -0.05) is 169 Å². The summed E-state index contributed by atoms with van der Waals surface area (Å²) in [6.45, 7) is 4.33. The van der Waals surface area contributed by atoms with Crippen LogP contribution < -0.4 is 9.80 Å². The highest BCUT2D eigenvalue weighted by Crippen LogP contribution is 2.56. The lowest BCUT2D eigenvalue weighted by atomic mass is 9.91. The van der Waals surface area contributed by atoms with E-state index in [2.05, 4.69) is 236 Å². The van der Waals surface area contributed by atoms with Gasteiger partial charge < -0.3 is 9.80 Å². The molecule has 12 rings (SSSR count). The molecule has 0 N–H and O–H groups in total. The summed E-state index contributed by atoms with van der Waals surface area (Å²) in [6, 6.07) is 76.0. The molecule has 4 aliphatic rings. The van der Waals surface area contributed by atoms with Gasteiger partial charge in [0.2, 0.25) is 0 Å². The molecular weight excluding hydrogens is 809 g/mol. The lowest BCUT2D eigenvalue weighted by Gasteiger charge is -2.28. The Labute approximate surface area is 397 Å². The van der Waals surface area contributed by atoms with Gasteiger partial charge in [-0.2, -0.15) is 0 Å². The van der Waals surface area contributed by atoms with Crippen LogP contribution in [0, 0.1) is 19.8 Å². The van der Waals surface area contributed by atoms with Gasteiger partial charge in [-0.25, -0.2) is 0 Å². The van der Waals surface area contributed by atoms with Crippen LogP contribution in [0.1, 0.15) is 105 Å². The molecule has 2 nitrogen and oxygen atoms in total. The van der Waals surface area contributed by atoms with Gasteiger partial charge in [0.25, 0.3) is 0 Å². The zero-order chi connectivity index (χ0) is 44.8. The van der Waals surface area contributed by atoms with Crippen molar-refractivity contribution < 1.29 is 0 Å². The Hall–Kier alpha value is -7.16. The minimum Gasteiger partial charge on any atom is -0.338 e. The van der Waals surface area contributed by atoms with Crippen LogP contribution in [0.15, 0.2) is 200 Å². The molecule has 0 amide bonds. The fourth-order valence-corrected chi connectivity index (χ4v) is 12.3. The molecule has 0 saturated heterocycles. The van der Waals surface area contributed by atoms with E-state index in [0.717, 1.165) is 6.42 Å². The standard InChI is InChI=1S/C65H58N2/c1-44-21-29-52(30-22-44)58(53-31-23-45(2)24-32-53)39-48-28-36-64-60(41-48)61-42-49(43-65(61)67(64)54-17-10-5-11-18-54)37-46-25-33-55(34-26-46)66-62-20-12-19-56(62)59-40-47(27-35-63(59)66)38-57(50-13-6-3-7-14-50)51-15-8-4-9-16-51/h3-11,13-18,21-36,38-41,49,56,61-62,65H,12,19-20,37,42-43H2,1-2H3. The molecule has 2 saturated carbocycles. The fraction of sp³-hybridized carbons (Fsp3) is 0.200. The third-order valence-electron chi connectivity index (χ3n) is 15.5. The third-order valence-corrected chi connectivity index (χ3v) is 15.5. The predicted octanol–water partition coefficient (Wildman–Crippen LogP) is 16.5. The van der Waals surface area contributed by atoms with E-state index in [-0.39, 0.29) is 0 Å². The Morgan fingerprint density at radius 1 is 0.448 bits per heavy atom. The van der Waals surface area contributed by atoms with E-state index < -0.39 is 0 Å². The average molecular weight is 867 g/mol. The molecule has 2 aliphatic carbocycles. The minimum absolute atomic E-state index is 0.450. The van der Waals surface area contributed by atoms with E-state index in [1.54, 1.807) is 0 Å². The average Bonchev–Trinajstić information content (AvgIpc) is 4.15. The summed E-state index contributed by atoms with van der Waals surface area (Å²) < 4.78 is 0. The van der Waals surface area contributed by atoms with Gasteiger partial charge >= 0.3 is 0 Å². The predicted molar refractivity (Wildman–Crippen MR) is 283 cm³/mol. The maximum Gasteiger partial charge on any atom is 0.0450 e. The number of nitrogens with zero attached hydrogens (tertiary/aromatic N) is 2. The molecule has 5 atom stereocenters. The molecule has 8 aromatic carbocycles. The van der Waals surface area contributed by atoms with Gasteiger partial charge in [-0.3, -0.25) is 0 Å². The number of hydrogen-bond acceptors (Lipinski definition) is 2. The summed E-state index contributed by atoms with van der Waals surface area (Å²) in [4.78, 5) is 5.36. The van der Waals surface area contributed by atoms with Crippen molar-refractivity contribution in [2.75, 3.05) is 9.80 Å². The first kappa shape index (κ1) is 41.3. The molecule has 2 aliphatic heterocycles. The van der Waals surface area contributed by atoms with Gasteiger partial charge in [0.15, 0.2) is 0 Å². The summed E-state index contributed by atoms with van der Waals surface area (Å²) in [7, 11) is 0. The SMILES string of the molecule is Cc1ccc(C(=Cc2ccc3c(c2)C2CC(Cc4ccc(N5c6ccc(C=C(c7ccccc7)c7ccccc7)cc6C6CCCC65)cc4)CC2N3c2ccccc2)c2ccc(C)cc2)cc1. The Kier molecular flexibility index (Phi) is 10.8. The first-order chi connectivity index (χ1) is 33.0. The first-order valence-corrected chi connectivity index (χ1v) is 24.7. The lowest BCUT2D eigenvalue weighted by Crippen LogP contribution is -2.27. The Balaban J connectivity index is 0.814. The van der Waals surface area contributed by atoms with Crippen LogP contribution >= 0.6 is 0 Å². The van der Waals surface area contributed by atoms with Crippen molar-refractivity contribution in [2.45, 2.75) is 76.3 Å². The van der Waals surface area contributed by atoms with E-state index in [1.807, 2.05) is 0 Å². The quantitative estimate of drug-likeness (QED) is 0.126. The number of anilines is 4. The highest BCUT2D eigenvalue weighted by molar-refractivity contribution is 5.93. The van der Waals surface area contributed by atoms with Crippen molar-refractivity contribution in [1.29, 1.82) is 0 Å². The van der Waals surface area contributed by atoms with Gasteiger partial charge in [-0.05, 0) is 174 Å². The van der Waals surface area contributed by atoms with Crippen LogP contribution in [0.4, 0.5) is 22.7 Å². The van der Waals surface area contributed by atoms with Gasteiger partial charge in [0.1, 0.15) is 0 Å². The maximum absolute atomic E-state index is 2.68. The monoisotopic (exact) mass is 866 g/mol. The second-order valence-corrected chi connectivity index (χ2v) is 19.8. The zero-order valence-corrected chi connectivity index (χ0v) is 38.7. The van der Waals surface area contributed by atoms with Gasteiger partial charge in [0.05, 0.1) is 0 Å². The first-order valence-electron chi connectivity index (χ1n) is 24.7. The molecule has 67 heavy (non-hydrogen) atoms. The highest BCUT2D eigenvalue weighted by atomic mass is 15.2. The molecule has 0 bridgehead atoms. The van der Waals surface area contributed by atoms with Crippen LogP contribution in [0.2, 0.25) is 0 Å². The van der Waals surface area contributed by atoms with Crippen molar-refractivity contribution in [3.05, 3.63) is 261 Å². The van der Waals surface area contributed by atoms with Crippen molar-refractivity contribution in [2.24, 2.45) is 5.92 Å². The molecule has 2 fully saturated rings. The number of para-hydroxylation sites is 1. The van der Waals surface area contributed by atoms with E-state index in [9.17, 15) is 0 Å². The third kappa shape index (κ3) is 7.93. The van der Waals surface area contributed by atoms with Crippen LogP contribution in [0.25, 0.3) is 23.3 Å². The Bertz CT molecular complexity index is 3000. The number of benzene rings is 8. The largest absolute Gasteiger partial charge is 0.338 e. The van der Waals surface area contributed by atoms with Crippen molar-refractivity contribution in [3.63, 3.8) is 0 Å². The highest BCUT2D eigenvalue weighted by Gasteiger charge is 2.46. The second-order valence-electron chi connectivity index (χ2n) is 19.8. The van der Waals surface area contributed by atoms with E-state index in [4.69, 9.17) is 0 Å². The number of rotatable bonds is 10. The molecule has 2 heteroatoms. The number of aryl methyl sites for hydroxylation is 2. The van der Waals surface area contributed by atoms with E-state index in [1.165, 1.54) is 127 Å². The molecule has 0 radical (unpaired) electrons. The van der Waals surface area contributed by atoms with Crippen molar-refractivity contribution >= 4 is 46.0 Å². The van der Waals surface area contributed by atoms with Crippen molar-refractivity contribution in [1.82, 2.24) is 0 Å². The Morgan fingerprint density at radius 2 is 0.925 bits per heavy atom. The molecule has 0 aromatic heterocycles. The number of fused-ring (bicyclic) bond motifs is 6.